The summed E-state index contributed by atoms with van der Waals surface area (Å²) in [6.45, 7) is 13.4. The average molecular weight is 629 g/mol. The number of aliphatic hydroxyl groups excluding tert-OH is 5. The second kappa shape index (κ2) is 17.3. The Morgan fingerprint density at radius 1 is 1.05 bits per heavy atom. The minimum atomic E-state index is -1.40. The lowest BCUT2D eigenvalue weighted by Gasteiger charge is -2.55. The van der Waals surface area contributed by atoms with E-state index >= 15 is 0 Å². The molecule has 0 saturated carbocycles. The molecule has 12 atom stereocenters. The molecule has 12 heteroatoms. The van der Waals surface area contributed by atoms with Crippen LogP contribution < -0.4 is 10.6 Å². The van der Waals surface area contributed by atoms with Gasteiger partial charge in [0.2, 0.25) is 5.91 Å². The maximum absolute atomic E-state index is 12.4. The Morgan fingerprint density at radius 2 is 1.68 bits per heavy atom. The van der Waals surface area contributed by atoms with Crippen LogP contribution in [-0.2, 0) is 23.7 Å². The maximum Gasteiger partial charge on any atom is 0.217 e. The van der Waals surface area contributed by atoms with Gasteiger partial charge in [-0.2, -0.15) is 0 Å². The molecule has 0 bridgehead atoms. The van der Waals surface area contributed by atoms with Gasteiger partial charge in [0.15, 0.2) is 0 Å². The molecular formula is C32H56N2O10. The molecule has 2 aliphatic heterocycles. The van der Waals surface area contributed by atoms with Crippen molar-refractivity contribution in [2.45, 2.75) is 145 Å². The second-order valence-electron chi connectivity index (χ2n) is 12.1. The van der Waals surface area contributed by atoms with E-state index in [2.05, 4.69) is 22.9 Å². The van der Waals surface area contributed by atoms with Gasteiger partial charge in [0.05, 0.1) is 30.9 Å². The van der Waals surface area contributed by atoms with Crippen LogP contribution in [0.25, 0.3) is 0 Å². The molecule has 12 nitrogen and oxygen atoms in total. The number of allylic oxidation sites excluding steroid dienone is 1. The van der Waals surface area contributed by atoms with E-state index in [-0.39, 0.29) is 6.04 Å². The zero-order valence-electron chi connectivity index (χ0n) is 27.3. The first-order valence-corrected chi connectivity index (χ1v) is 15.7. The molecule has 12 unspecified atom stereocenters. The number of hydrogen-bond acceptors (Lipinski definition) is 11. The summed E-state index contributed by atoms with van der Waals surface area (Å²) in [6.07, 6.45) is -2.03. The van der Waals surface area contributed by atoms with Crippen LogP contribution in [0.2, 0.25) is 0 Å². The van der Waals surface area contributed by atoms with Crippen molar-refractivity contribution in [3.8, 4) is 0 Å². The number of ether oxygens (including phenoxy) is 4. The number of methoxy groups -OCH3 is 1. The third-order valence-electron chi connectivity index (χ3n) is 8.71. The third kappa shape index (κ3) is 8.37. The maximum atomic E-state index is 12.4. The van der Waals surface area contributed by atoms with Crippen LogP contribution in [0.1, 0.15) is 67.2 Å². The molecule has 44 heavy (non-hydrogen) atoms. The highest BCUT2D eigenvalue weighted by atomic mass is 16.6. The number of rotatable bonds is 16. The van der Waals surface area contributed by atoms with Gasteiger partial charge in [-0.3, -0.25) is 4.79 Å². The number of carbonyl (C=O) groups is 1. The van der Waals surface area contributed by atoms with Crippen molar-refractivity contribution < 1.29 is 49.3 Å². The summed E-state index contributed by atoms with van der Waals surface area (Å²) in [5.74, 6) is -0.427. The molecule has 0 aromatic heterocycles. The van der Waals surface area contributed by atoms with E-state index in [9.17, 15) is 30.3 Å². The molecule has 7 N–H and O–H groups in total. The fourth-order valence-electron chi connectivity index (χ4n) is 6.53. The van der Waals surface area contributed by atoms with Crippen LogP contribution in [0.3, 0.4) is 0 Å². The molecule has 0 radical (unpaired) electrons. The Hall–Kier alpha value is -1.67. The monoisotopic (exact) mass is 628 g/mol. The summed E-state index contributed by atoms with van der Waals surface area (Å²) in [5, 5.41) is 60.7. The van der Waals surface area contributed by atoms with Crippen molar-refractivity contribution in [3.63, 3.8) is 0 Å². The normalized spacial score (nSPS) is 35.6. The fourth-order valence-corrected chi connectivity index (χ4v) is 6.53. The smallest absolute Gasteiger partial charge is 0.217 e. The molecule has 254 valence electrons. The minimum Gasteiger partial charge on any atom is -0.394 e. The number of aliphatic hydroxyl groups is 5. The van der Waals surface area contributed by atoms with Gasteiger partial charge in [0.1, 0.15) is 54.4 Å². The highest BCUT2D eigenvalue weighted by Crippen LogP contribution is 2.41. The first-order valence-electron chi connectivity index (χ1n) is 15.7. The molecule has 2 aliphatic rings. The van der Waals surface area contributed by atoms with E-state index in [0.29, 0.717) is 19.3 Å². The summed E-state index contributed by atoms with van der Waals surface area (Å²) in [4.78, 5) is 12.4. The van der Waals surface area contributed by atoms with Gasteiger partial charge < -0.3 is 55.1 Å². The lowest BCUT2D eigenvalue weighted by Crippen LogP contribution is -2.73. The summed E-state index contributed by atoms with van der Waals surface area (Å²) >= 11 is 0. The van der Waals surface area contributed by atoms with Gasteiger partial charge in [0, 0.05) is 20.1 Å². The molecule has 0 aromatic rings. The lowest BCUT2D eigenvalue weighted by atomic mass is 9.77. The van der Waals surface area contributed by atoms with E-state index in [1.54, 1.807) is 19.1 Å². The largest absolute Gasteiger partial charge is 0.394 e. The van der Waals surface area contributed by atoms with E-state index in [1.165, 1.54) is 20.1 Å². The van der Waals surface area contributed by atoms with Crippen molar-refractivity contribution in [1.82, 2.24) is 10.6 Å². The topological polar surface area (TPSA) is 179 Å². The number of nitrogens with one attached hydrogen (secondary N) is 2. The zero-order valence-corrected chi connectivity index (χ0v) is 27.3. The van der Waals surface area contributed by atoms with E-state index in [4.69, 9.17) is 18.9 Å². The lowest BCUT2D eigenvalue weighted by molar-refractivity contribution is -0.302. The number of amides is 1. The minimum absolute atomic E-state index is 0.107. The van der Waals surface area contributed by atoms with Gasteiger partial charge in [-0.25, -0.2) is 0 Å². The van der Waals surface area contributed by atoms with Crippen LogP contribution in [0, 0.1) is 0 Å². The Bertz CT molecular complexity index is 975. The van der Waals surface area contributed by atoms with Crippen molar-refractivity contribution in [2.75, 3.05) is 20.3 Å². The van der Waals surface area contributed by atoms with Crippen LogP contribution >= 0.6 is 0 Å². The van der Waals surface area contributed by atoms with Crippen LogP contribution in [0.4, 0.5) is 0 Å². The molecule has 0 aromatic carbocycles. The molecular weight excluding hydrogens is 572 g/mol. The zero-order chi connectivity index (χ0) is 33.2. The average Bonchev–Trinajstić information content (AvgIpc) is 2.99. The number of carbonyl (C=O) groups excluding carboxylic acids is 1. The quantitative estimate of drug-likeness (QED) is 0.0934. The highest BCUT2D eigenvalue weighted by molar-refractivity contribution is 5.73. The Labute approximate surface area is 262 Å². The number of unbranched alkanes of at least 4 members (excludes halogenated alkanes) is 1. The molecule has 2 fully saturated rings. The Balaban J connectivity index is 2.70. The highest BCUT2D eigenvalue weighted by Gasteiger charge is 2.58. The molecule has 0 spiro atoms. The van der Waals surface area contributed by atoms with Crippen LogP contribution in [0.5, 0.6) is 0 Å². The Morgan fingerprint density at radius 3 is 2.16 bits per heavy atom. The molecule has 0 aliphatic carbocycles. The summed E-state index contributed by atoms with van der Waals surface area (Å²) in [6, 6.07) is -1.97. The fraction of sp³-hybridized carbons (Fsp3) is 0.812. The first kappa shape index (κ1) is 38.5. The van der Waals surface area contributed by atoms with Crippen molar-refractivity contribution >= 4 is 5.91 Å². The predicted octanol–water partition coefficient (Wildman–Crippen LogP) is 0.486. The summed E-state index contributed by atoms with van der Waals surface area (Å²) in [5.41, 5.74) is 0.228. The predicted molar refractivity (Wildman–Crippen MR) is 165 cm³/mol. The van der Waals surface area contributed by atoms with Crippen LogP contribution in [-0.4, -0.2) is 130 Å². The van der Waals surface area contributed by atoms with Crippen molar-refractivity contribution in [1.29, 1.82) is 0 Å². The van der Waals surface area contributed by atoms with Crippen molar-refractivity contribution in [3.05, 3.63) is 30.5 Å². The van der Waals surface area contributed by atoms with Gasteiger partial charge in [0.25, 0.3) is 0 Å². The molecule has 2 saturated heterocycles. The first-order chi connectivity index (χ1) is 20.8. The number of hydrogen-bond donors (Lipinski definition) is 7. The molecule has 2 rings (SSSR count). The van der Waals surface area contributed by atoms with Crippen LogP contribution in [0.15, 0.2) is 30.5 Å². The van der Waals surface area contributed by atoms with Gasteiger partial charge in [-0.1, -0.05) is 53.2 Å². The summed E-state index contributed by atoms with van der Waals surface area (Å²) in [7, 11) is 1.46. The standard InChI is InChI=1S/C32H56N2O10/c1-9-13-16-31(12-4,29-23(33-19(5)6)26(39)25(38)21(17-35)42-29)44-28-22(18-36)43-30(24(27(28)40)34-20(7)37)32(41-8,14-10-2)15-11-3/h11,14-15,19,21-30,33,35-36,38-40H,2,9,12-13,16-18H2,1,3-8H3,(H,34,37). The van der Waals surface area contributed by atoms with E-state index in [1.807, 2.05) is 27.7 Å². The van der Waals surface area contributed by atoms with Gasteiger partial charge >= 0.3 is 0 Å². The Kier molecular flexibility index (Phi) is 15.1. The molecule has 2 heterocycles. The van der Waals surface area contributed by atoms with E-state index < -0.39 is 91.2 Å². The van der Waals surface area contributed by atoms with Gasteiger partial charge in [-0.05, 0) is 31.9 Å². The summed E-state index contributed by atoms with van der Waals surface area (Å²) < 4.78 is 25.5. The molecule has 1 amide bonds. The van der Waals surface area contributed by atoms with E-state index in [0.717, 1.165) is 6.42 Å². The van der Waals surface area contributed by atoms with Gasteiger partial charge in [-0.15, -0.1) is 5.73 Å². The SMILES string of the molecule is C=C=CC(C=CC)(OC)C1OC(CO)C(OC(CC)(CCCC)C2OC(CO)C(O)C(O)C2NC(C)C)C(O)C1NC(C)=O. The second-order valence-corrected chi connectivity index (χ2v) is 12.1. The third-order valence-corrected chi connectivity index (χ3v) is 8.71. The van der Waals surface area contributed by atoms with Crippen molar-refractivity contribution in [2.24, 2.45) is 0 Å².